The minimum Gasteiger partial charge on any atom is -0.354 e. The van der Waals surface area contributed by atoms with Crippen LogP contribution in [0.3, 0.4) is 0 Å². The molecule has 0 aliphatic carbocycles. The van der Waals surface area contributed by atoms with E-state index in [1.165, 1.54) is 26.7 Å². The molecule has 0 atom stereocenters. The Labute approximate surface area is 121 Å². The largest absolute Gasteiger partial charge is 0.354 e. The molecule has 2 nitrogen and oxygen atoms in total. The van der Waals surface area contributed by atoms with Crippen LogP contribution in [0.4, 0.5) is 11.4 Å². The van der Waals surface area contributed by atoms with Crippen molar-refractivity contribution in [1.82, 2.24) is 4.98 Å². The lowest BCUT2D eigenvalue weighted by atomic mass is 10.1. The zero-order chi connectivity index (χ0) is 13.4. The molecule has 0 amide bonds. The Morgan fingerprint density at radius 1 is 0.800 bits per heavy atom. The summed E-state index contributed by atoms with van der Waals surface area (Å²) in [7, 11) is 0. The third-order valence-electron chi connectivity index (χ3n) is 3.35. The van der Waals surface area contributed by atoms with Gasteiger partial charge in [-0.1, -0.05) is 36.0 Å². The predicted octanol–water partition coefficient (Wildman–Crippen LogP) is 4.96. The van der Waals surface area contributed by atoms with Crippen LogP contribution < -0.4 is 5.32 Å². The van der Waals surface area contributed by atoms with Crippen LogP contribution in [-0.2, 0) is 0 Å². The van der Waals surface area contributed by atoms with Gasteiger partial charge in [-0.05, 0) is 35.9 Å². The normalized spacial score (nSPS) is 12.2. The van der Waals surface area contributed by atoms with Gasteiger partial charge >= 0.3 is 0 Å². The van der Waals surface area contributed by atoms with E-state index in [1.807, 2.05) is 24.0 Å². The van der Waals surface area contributed by atoms with Crippen LogP contribution in [0.2, 0.25) is 0 Å². The number of hydrogen-bond acceptors (Lipinski definition) is 3. The fraction of sp³-hybridized carbons (Fsp3) is 0. The lowest BCUT2D eigenvalue weighted by Gasteiger charge is -2.21. The Morgan fingerprint density at radius 2 is 1.70 bits per heavy atom. The van der Waals surface area contributed by atoms with Crippen LogP contribution in [0.1, 0.15) is 0 Å². The Bertz CT molecular complexity index is 769. The van der Waals surface area contributed by atoms with Gasteiger partial charge in [0.2, 0.25) is 0 Å². The molecule has 3 aromatic rings. The van der Waals surface area contributed by atoms with Crippen molar-refractivity contribution in [2.45, 2.75) is 9.79 Å². The minimum atomic E-state index is 1.15. The first kappa shape index (κ1) is 11.6. The molecular weight excluding hydrogens is 264 g/mol. The van der Waals surface area contributed by atoms with Gasteiger partial charge in [0.05, 0.1) is 11.4 Å². The molecule has 96 valence electrons. The molecule has 0 fully saturated rings. The molecule has 0 spiro atoms. The standard InChI is InChI=1S/C17H12N2S/c1-2-6-16-14(5-1)19-15-8-7-12(10-17(15)20-16)13-4-3-9-18-11-13/h1-11,19H. The summed E-state index contributed by atoms with van der Waals surface area (Å²) in [6.07, 6.45) is 3.70. The zero-order valence-corrected chi connectivity index (χ0v) is 11.5. The molecule has 0 saturated carbocycles. The average molecular weight is 276 g/mol. The highest BCUT2D eigenvalue weighted by atomic mass is 32.2. The zero-order valence-electron chi connectivity index (χ0n) is 10.7. The summed E-state index contributed by atoms with van der Waals surface area (Å²) in [5.41, 5.74) is 4.70. The van der Waals surface area contributed by atoms with Gasteiger partial charge in [-0.3, -0.25) is 4.98 Å². The number of para-hydroxylation sites is 1. The summed E-state index contributed by atoms with van der Waals surface area (Å²) in [6, 6.07) is 18.9. The number of rotatable bonds is 1. The number of anilines is 2. The van der Waals surface area contributed by atoms with Gasteiger partial charge in [-0.15, -0.1) is 0 Å². The number of nitrogens with zero attached hydrogens (tertiary/aromatic N) is 1. The van der Waals surface area contributed by atoms with Crippen molar-refractivity contribution >= 4 is 23.1 Å². The summed E-state index contributed by atoms with van der Waals surface area (Å²) >= 11 is 1.81. The van der Waals surface area contributed by atoms with E-state index >= 15 is 0 Å². The van der Waals surface area contributed by atoms with Crippen LogP contribution in [0.5, 0.6) is 0 Å². The highest BCUT2D eigenvalue weighted by Crippen LogP contribution is 2.45. The second kappa shape index (κ2) is 4.69. The van der Waals surface area contributed by atoms with Crippen LogP contribution in [-0.4, -0.2) is 4.98 Å². The highest BCUT2D eigenvalue weighted by molar-refractivity contribution is 7.99. The third kappa shape index (κ3) is 1.96. The number of fused-ring (bicyclic) bond motifs is 2. The van der Waals surface area contributed by atoms with Crippen molar-refractivity contribution in [2.24, 2.45) is 0 Å². The van der Waals surface area contributed by atoms with Crippen LogP contribution in [0.15, 0.2) is 76.8 Å². The average Bonchev–Trinajstić information content (AvgIpc) is 2.53. The maximum Gasteiger partial charge on any atom is 0.0526 e. The molecule has 2 aromatic carbocycles. The van der Waals surface area contributed by atoms with E-state index in [0.717, 1.165) is 5.56 Å². The van der Waals surface area contributed by atoms with Gasteiger partial charge in [0.15, 0.2) is 0 Å². The second-order valence-electron chi connectivity index (χ2n) is 4.68. The quantitative estimate of drug-likeness (QED) is 0.532. The first-order chi connectivity index (χ1) is 9.90. The molecule has 1 N–H and O–H groups in total. The van der Waals surface area contributed by atoms with Gasteiger partial charge in [0.1, 0.15) is 0 Å². The van der Waals surface area contributed by atoms with Gasteiger partial charge in [-0.2, -0.15) is 0 Å². The molecule has 20 heavy (non-hydrogen) atoms. The number of nitrogens with one attached hydrogen (secondary N) is 1. The van der Waals surface area contributed by atoms with Crippen LogP contribution in [0, 0.1) is 0 Å². The minimum absolute atomic E-state index is 1.15. The van der Waals surface area contributed by atoms with E-state index in [0.29, 0.717) is 0 Å². The summed E-state index contributed by atoms with van der Waals surface area (Å²) in [4.78, 5) is 6.71. The molecule has 3 heteroatoms. The van der Waals surface area contributed by atoms with Crippen molar-refractivity contribution in [3.63, 3.8) is 0 Å². The summed E-state index contributed by atoms with van der Waals surface area (Å²) in [5, 5.41) is 3.48. The van der Waals surface area contributed by atoms with E-state index in [4.69, 9.17) is 0 Å². The van der Waals surface area contributed by atoms with E-state index in [2.05, 4.69) is 58.8 Å². The number of aromatic nitrogens is 1. The van der Waals surface area contributed by atoms with Crippen molar-refractivity contribution in [3.8, 4) is 11.1 Å². The molecule has 0 unspecified atom stereocenters. The molecule has 0 bridgehead atoms. The van der Waals surface area contributed by atoms with Crippen molar-refractivity contribution in [2.75, 3.05) is 5.32 Å². The summed E-state index contributed by atoms with van der Waals surface area (Å²) < 4.78 is 0. The van der Waals surface area contributed by atoms with Gasteiger partial charge in [-0.25, -0.2) is 0 Å². The lowest BCUT2D eigenvalue weighted by Crippen LogP contribution is -1.99. The maximum atomic E-state index is 4.19. The molecule has 1 aromatic heterocycles. The molecule has 0 radical (unpaired) electrons. The predicted molar refractivity (Wildman–Crippen MR) is 83.5 cm³/mol. The van der Waals surface area contributed by atoms with Crippen LogP contribution >= 0.6 is 11.8 Å². The fourth-order valence-electron chi connectivity index (χ4n) is 2.35. The number of hydrogen-bond donors (Lipinski definition) is 1. The van der Waals surface area contributed by atoms with E-state index in [-0.39, 0.29) is 0 Å². The summed E-state index contributed by atoms with van der Waals surface area (Å²) in [6.45, 7) is 0. The summed E-state index contributed by atoms with van der Waals surface area (Å²) in [5.74, 6) is 0. The Hall–Kier alpha value is -2.26. The molecule has 4 rings (SSSR count). The Kier molecular flexibility index (Phi) is 2.71. The molecule has 0 saturated heterocycles. The third-order valence-corrected chi connectivity index (χ3v) is 4.49. The highest BCUT2D eigenvalue weighted by Gasteiger charge is 2.15. The Balaban J connectivity index is 1.77. The van der Waals surface area contributed by atoms with E-state index < -0.39 is 0 Å². The van der Waals surface area contributed by atoms with Crippen molar-refractivity contribution < 1.29 is 0 Å². The SMILES string of the molecule is c1cncc(-c2ccc3c(c2)Sc2ccccc2N3)c1. The van der Waals surface area contributed by atoms with Gasteiger partial charge < -0.3 is 5.32 Å². The Morgan fingerprint density at radius 3 is 2.60 bits per heavy atom. The number of pyridine rings is 1. The lowest BCUT2D eigenvalue weighted by molar-refractivity contribution is 1.30. The topological polar surface area (TPSA) is 24.9 Å². The molecule has 2 heterocycles. The first-order valence-corrected chi connectivity index (χ1v) is 7.30. The van der Waals surface area contributed by atoms with Crippen molar-refractivity contribution in [1.29, 1.82) is 0 Å². The van der Waals surface area contributed by atoms with E-state index in [9.17, 15) is 0 Å². The van der Waals surface area contributed by atoms with Gasteiger partial charge in [0.25, 0.3) is 0 Å². The second-order valence-corrected chi connectivity index (χ2v) is 5.76. The smallest absolute Gasteiger partial charge is 0.0526 e. The first-order valence-electron chi connectivity index (χ1n) is 6.48. The molecule has 1 aliphatic heterocycles. The van der Waals surface area contributed by atoms with Crippen molar-refractivity contribution in [3.05, 3.63) is 67.0 Å². The van der Waals surface area contributed by atoms with Crippen LogP contribution in [0.25, 0.3) is 11.1 Å². The van der Waals surface area contributed by atoms with Gasteiger partial charge in [0, 0.05) is 27.7 Å². The molecular formula is C17H12N2S. The van der Waals surface area contributed by atoms with E-state index in [1.54, 1.807) is 6.20 Å². The number of benzene rings is 2. The maximum absolute atomic E-state index is 4.19. The fourth-order valence-corrected chi connectivity index (χ4v) is 3.37. The molecule has 1 aliphatic rings. The monoisotopic (exact) mass is 276 g/mol.